The number of amides is 2. The number of carbonyl (C=O) groups excluding carboxylic acids is 2. The van der Waals surface area contributed by atoms with Crippen LogP contribution in [0, 0.1) is 5.82 Å². The van der Waals surface area contributed by atoms with Gasteiger partial charge in [-0.3, -0.25) is 9.59 Å². The molecule has 2 amide bonds. The summed E-state index contributed by atoms with van der Waals surface area (Å²) in [6.07, 6.45) is 1.77. The predicted molar refractivity (Wildman–Crippen MR) is 76.9 cm³/mol. The molecule has 0 bridgehead atoms. The lowest BCUT2D eigenvalue weighted by molar-refractivity contribution is -0.137. The van der Waals surface area contributed by atoms with E-state index in [1.54, 1.807) is 17.0 Å². The highest BCUT2D eigenvalue weighted by Gasteiger charge is 2.26. The zero-order valence-corrected chi connectivity index (χ0v) is 11.8. The molecule has 0 aromatic heterocycles. The van der Waals surface area contributed by atoms with E-state index in [2.05, 4.69) is 5.32 Å². The molecule has 1 heterocycles. The molecule has 6 heteroatoms. The smallest absolute Gasteiger partial charge is 0.237 e. The van der Waals surface area contributed by atoms with Gasteiger partial charge in [0.1, 0.15) is 5.82 Å². The van der Waals surface area contributed by atoms with Crippen molar-refractivity contribution < 1.29 is 14.0 Å². The van der Waals surface area contributed by atoms with Gasteiger partial charge in [0.15, 0.2) is 0 Å². The van der Waals surface area contributed by atoms with Gasteiger partial charge in [0.2, 0.25) is 11.8 Å². The molecule has 1 aromatic rings. The van der Waals surface area contributed by atoms with Crippen molar-refractivity contribution in [2.75, 3.05) is 19.6 Å². The van der Waals surface area contributed by atoms with Crippen LogP contribution in [0.2, 0.25) is 0 Å². The minimum absolute atomic E-state index is 0.0340. The summed E-state index contributed by atoms with van der Waals surface area (Å²) in [6, 6.07) is 5.85. The summed E-state index contributed by atoms with van der Waals surface area (Å²) in [5.74, 6) is -0.994. The van der Waals surface area contributed by atoms with Gasteiger partial charge < -0.3 is 16.0 Å². The van der Waals surface area contributed by atoms with E-state index in [-0.39, 0.29) is 30.7 Å². The van der Waals surface area contributed by atoms with Crippen molar-refractivity contribution in [2.45, 2.75) is 25.3 Å². The highest BCUT2D eigenvalue weighted by Crippen LogP contribution is 2.14. The van der Waals surface area contributed by atoms with Gasteiger partial charge >= 0.3 is 0 Å². The molecule has 1 saturated heterocycles. The van der Waals surface area contributed by atoms with Gasteiger partial charge in [0, 0.05) is 6.04 Å². The molecule has 1 fully saturated rings. The van der Waals surface area contributed by atoms with Crippen molar-refractivity contribution in [1.29, 1.82) is 0 Å². The molecule has 0 radical (unpaired) electrons. The summed E-state index contributed by atoms with van der Waals surface area (Å²) >= 11 is 0. The van der Waals surface area contributed by atoms with Crippen molar-refractivity contribution in [3.05, 3.63) is 35.6 Å². The lowest BCUT2D eigenvalue weighted by atomic mass is 10.0. The average Bonchev–Trinajstić information content (AvgIpc) is 2.48. The molecule has 2 rings (SSSR count). The zero-order chi connectivity index (χ0) is 15.2. The van der Waals surface area contributed by atoms with Crippen LogP contribution in [0.25, 0.3) is 0 Å². The van der Waals surface area contributed by atoms with Crippen LogP contribution in [-0.2, 0) is 16.0 Å². The van der Waals surface area contributed by atoms with Crippen LogP contribution in [0.4, 0.5) is 4.39 Å². The van der Waals surface area contributed by atoms with E-state index in [0.29, 0.717) is 0 Å². The van der Waals surface area contributed by atoms with Crippen LogP contribution in [0.5, 0.6) is 0 Å². The van der Waals surface area contributed by atoms with Crippen molar-refractivity contribution in [2.24, 2.45) is 5.73 Å². The molecule has 114 valence electrons. The third kappa shape index (κ3) is 4.53. The molecule has 0 unspecified atom stereocenters. The van der Waals surface area contributed by atoms with Gasteiger partial charge in [-0.1, -0.05) is 12.1 Å². The van der Waals surface area contributed by atoms with Crippen LogP contribution < -0.4 is 11.1 Å². The number of nitrogens with one attached hydrogen (secondary N) is 1. The number of halogens is 1. The van der Waals surface area contributed by atoms with Crippen molar-refractivity contribution in [3.63, 3.8) is 0 Å². The highest BCUT2D eigenvalue weighted by atomic mass is 19.1. The number of primary amides is 1. The molecule has 0 saturated carbocycles. The Morgan fingerprint density at radius 2 is 1.86 bits per heavy atom. The van der Waals surface area contributed by atoms with E-state index in [9.17, 15) is 14.0 Å². The minimum Gasteiger partial charge on any atom is -0.368 e. The number of nitrogens with two attached hydrogens (primary N) is 1. The largest absolute Gasteiger partial charge is 0.368 e. The van der Waals surface area contributed by atoms with Crippen molar-refractivity contribution in [3.8, 4) is 0 Å². The normalized spacial score (nSPS) is 15.7. The monoisotopic (exact) mass is 293 g/mol. The second-order valence-electron chi connectivity index (χ2n) is 5.27. The predicted octanol–water partition coefficient (Wildman–Crippen LogP) is 0.434. The summed E-state index contributed by atoms with van der Waals surface area (Å²) in [7, 11) is 0. The molecule has 21 heavy (non-hydrogen) atoms. The Kier molecular flexibility index (Phi) is 5.27. The summed E-state index contributed by atoms with van der Waals surface area (Å²) in [5.41, 5.74) is 5.98. The average molecular weight is 293 g/mol. The Hall–Kier alpha value is -1.95. The highest BCUT2D eigenvalue weighted by molar-refractivity contribution is 5.85. The molecule has 1 aliphatic rings. The maximum absolute atomic E-state index is 12.9. The van der Waals surface area contributed by atoms with Gasteiger partial charge in [-0.05, 0) is 43.6 Å². The Bertz CT molecular complexity index is 498. The van der Waals surface area contributed by atoms with Gasteiger partial charge in [0.05, 0.1) is 13.0 Å². The molecular formula is C15H20FN3O2. The summed E-state index contributed by atoms with van der Waals surface area (Å²) in [6.45, 7) is 1.58. The number of rotatable bonds is 5. The van der Waals surface area contributed by atoms with Crippen LogP contribution in [0.1, 0.15) is 18.4 Å². The quantitative estimate of drug-likeness (QED) is 0.827. The van der Waals surface area contributed by atoms with Gasteiger partial charge in [0.25, 0.3) is 0 Å². The molecule has 1 aliphatic heterocycles. The number of benzene rings is 1. The van der Waals surface area contributed by atoms with E-state index >= 15 is 0 Å². The van der Waals surface area contributed by atoms with Crippen LogP contribution in [-0.4, -0.2) is 42.4 Å². The van der Waals surface area contributed by atoms with Gasteiger partial charge in [-0.25, -0.2) is 4.39 Å². The molecular weight excluding hydrogens is 273 g/mol. The summed E-state index contributed by atoms with van der Waals surface area (Å²) in [4.78, 5) is 25.2. The molecule has 5 nitrogen and oxygen atoms in total. The molecule has 0 spiro atoms. The number of hydrogen-bond donors (Lipinski definition) is 2. The van der Waals surface area contributed by atoms with Crippen LogP contribution in [0.15, 0.2) is 24.3 Å². The van der Waals surface area contributed by atoms with Gasteiger partial charge in [-0.2, -0.15) is 0 Å². The fourth-order valence-electron chi connectivity index (χ4n) is 2.59. The third-order valence-corrected chi connectivity index (χ3v) is 3.66. The fourth-order valence-corrected chi connectivity index (χ4v) is 2.59. The minimum atomic E-state index is -0.513. The van der Waals surface area contributed by atoms with E-state index in [1.807, 2.05) is 0 Å². The standard InChI is InChI=1S/C15H20FN3O2/c16-12-3-1-11(2-4-12)9-15(21)19(10-14(17)20)13-5-7-18-8-6-13/h1-4,13,18H,5-10H2,(H2,17,20). The van der Waals surface area contributed by atoms with Crippen LogP contribution in [0.3, 0.4) is 0 Å². The maximum Gasteiger partial charge on any atom is 0.237 e. The SMILES string of the molecule is NC(=O)CN(C(=O)Cc1ccc(F)cc1)C1CCNCC1. The first kappa shape index (κ1) is 15.4. The zero-order valence-electron chi connectivity index (χ0n) is 11.8. The van der Waals surface area contributed by atoms with Crippen molar-refractivity contribution in [1.82, 2.24) is 10.2 Å². The van der Waals surface area contributed by atoms with E-state index in [1.165, 1.54) is 12.1 Å². The first-order valence-electron chi connectivity index (χ1n) is 7.09. The Balaban J connectivity index is 2.05. The number of hydrogen-bond acceptors (Lipinski definition) is 3. The Morgan fingerprint density at radius 3 is 2.43 bits per heavy atom. The number of piperidine rings is 1. The first-order chi connectivity index (χ1) is 10.1. The Morgan fingerprint density at radius 1 is 1.24 bits per heavy atom. The second kappa shape index (κ2) is 7.17. The molecule has 0 atom stereocenters. The summed E-state index contributed by atoms with van der Waals surface area (Å²) in [5, 5.41) is 3.22. The lowest BCUT2D eigenvalue weighted by Crippen LogP contribution is -2.49. The topological polar surface area (TPSA) is 75.4 Å². The molecule has 1 aromatic carbocycles. The fraction of sp³-hybridized carbons (Fsp3) is 0.467. The van der Waals surface area contributed by atoms with E-state index in [0.717, 1.165) is 31.5 Å². The lowest BCUT2D eigenvalue weighted by Gasteiger charge is -2.34. The first-order valence-corrected chi connectivity index (χ1v) is 7.09. The van der Waals surface area contributed by atoms with E-state index < -0.39 is 5.91 Å². The van der Waals surface area contributed by atoms with E-state index in [4.69, 9.17) is 5.73 Å². The van der Waals surface area contributed by atoms with Crippen molar-refractivity contribution >= 4 is 11.8 Å². The molecule has 3 N–H and O–H groups in total. The maximum atomic E-state index is 12.9. The number of carbonyl (C=O) groups is 2. The second-order valence-corrected chi connectivity index (χ2v) is 5.27. The Labute approximate surface area is 123 Å². The van der Waals surface area contributed by atoms with Gasteiger partial charge in [-0.15, -0.1) is 0 Å². The summed E-state index contributed by atoms with van der Waals surface area (Å²) < 4.78 is 12.9. The third-order valence-electron chi connectivity index (χ3n) is 3.66. The molecule has 0 aliphatic carbocycles. The number of nitrogens with zero attached hydrogens (tertiary/aromatic N) is 1. The van der Waals surface area contributed by atoms with Crippen LogP contribution >= 0.6 is 0 Å².